The van der Waals surface area contributed by atoms with Gasteiger partial charge >= 0.3 is 6.61 Å². The summed E-state index contributed by atoms with van der Waals surface area (Å²) < 4.78 is 44.6. The number of hydrogen-bond acceptors (Lipinski definition) is 5. The van der Waals surface area contributed by atoms with E-state index >= 15 is 0 Å². The van der Waals surface area contributed by atoms with Crippen LogP contribution in [-0.4, -0.2) is 36.7 Å². The van der Waals surface area contributed by atoms with Crippen LogP contribution in [0.5, 0.6) is 17.2 Å². The maximum atomic E-state index is 12.9. The number of nitrogens with zero attached hydrogens (tertiary/aromatic N) is 2. The van der Waals surface area contributed by atoms with Gasteiger partial charge in [-0.05, 0) is 70.9 Å². The van der Waals surface area contributed by atoms with Gasteiger partial charge in [0.05, 0.1) is 24.2 Å². The number of ether oxygens (including phenoxy) is 3. The molecular formula is C24H24BrF2N3O3. The Morgan fingerprint density at radius 3 is 2.76 bits per heavy atom. The van der Waals surface area contributed by atoms with Crippen molar-refractivity contribution < 1.29 is 23.0 Å². The van der Waals surface area contributed by atoms with Crippen LogP contribution in [0.1, 0.15) is 30.9 Å². The largest absolute Gasteiger partial charge is 0.497 e. The highest BCUT2D eigenvalue weighted by Gasteiger charge is 2.29. The molecule has 0 spiro atoms. The molecule has 2 heterocycles. The lowest BCUT2D eigenvalue weighted by Crippen LogP contribution is -2.24. The van der Waals surface area contributed by atoms with Gasteiger partial charge in [0, 0.05) is 12.1 Å². The molecule has 1 aliphatic carbocycles. The lowest BCUT2D eigenvalue weighted by Gasteiger charge is -2.27. The van der Waals surface area contributed by atoms with Gasteiger partial charge in [0.2, 0.25) is 0 Å². The van der Waals surface area contributed by atoms with Crippen LogP contribution in [0.25, 0.3) is 11.3 Å². The van der Waals surface area contributed by atoms with Crippen LogP contribution in [0.15, 0.2) is 46.9 Å². The van der Waals surface area contributed by atoms with Gasteiger partial charge in [-0.1, -0.05) is 18.2 Å². The van der Waals surface area contributed by atoms with Gasteiger partial charge in [-0.25, -0.2) is 4.68 Å². The van der Waals surface area contributed by atoms with Gasteiger partial charge < -0.3 is 19.5 Å². The zero-order chi connectivity index (χ0) is 22.9. The predicted octanol–water partition coefficient (Wildman–Crippen LogP) is 6.12. The van der Waals surface area contributed by atoms with Crippen molar-refractivity contribution in [2.45, 2.75) is 31.9 Å². The standard InChI is InChI=1S/C24H24BrF2N3O3/c1-31-17-4-2-3-16(11-17)22-21(25)23-28-10-9-18(30(23)29-22)15-7-8-19(33-24(26)27)20(12-15)32-13-14-5-6-14/h2-4,7-8,11-12,14,18,24,28H,5-6,9-10,13H2,1H3. The van der Waals surface area contributed by atoms with Crippen LogP contribution in [0.4, 0.5) is 14.6 Å². The predicted molar refractivity (Wildman–Crippen MR) is 124 cm³/mol. The van der Waals surface area contributed by atoms with Crippen LogP contribution in [0.3, 0.4) is 0 Å². The first-order chi connectivity index (χ1) is 16.0. The normalized spacial score (nSPS) is 17.4. The van der Waals surface area contributed by atoms with Crippen molar-refractivity contribution in [1.29, 1.82) is 0 Å². The number of aromatic nitrogens is 2. The number of hydrogen-bond donors (Lipinski definition) is 1. The molecule has 6 nitrogen and oxygen atoms in total. The molecule has 1 aromatic heterocycles. The quantitative estimate of drug-likeness (QED) is 0.388. The Labute approximate surface area is 199 Å². The minimum Gasteiger partial charge on any atom is -0.497 e. The van der Waals surface area contributed by atoms with E-state index in [0.29, 0.717) is 18.3 Å². The molecule has 33 heavy (non-hydrogen) atoms. The summed E-state index contributed by atoms with van der Waals surface area (Å²) in [4.78, 5) is 0. The SMILES string of the molecule is COc1cccc(-c2nn3c(c2Br)NCCC3c2ccc(OC(F)F)c(OCC3CC3)c2)c1. The molecule has 1 aliphatic heterocycles. The number of nitrogens with one attached hydrogen (secondary N) is 1. The van der Waals surface area contributed by atoms with Gasteiger partial charge in [0.15, 0.2) is 11.5 Å². The molecular weight excluding hydrogens is 496 g/mol. The Balaban J connectivity index is 1.50. The summed E-state index contributed by atoms with van der Waals surface area (Å²) in [5.74, 6) is 2.52. The summed E-state index contributed by atoms with van der Waals surface area (Å²) >= 11 is 3.71. The van der Waals surface area contributed by atoms with E-state index in [1.54, 1.807) is 19.2 Å². The molecule has 174 valence electrons. The summed E-state index contributed by atoms with van der Waals surface area (Å²) in [6.07, 6.45) is 3.00. The van der Waals surface area contributed by atoms with Gasteiger partial charge in [-0.15, -0.1) is 0 Å². The van der Waals surface area contributed by atoms with Gasteiger partial charge in [0.1, 0.15) is 17.3 Å². The third-order valence-corrected chi connectivity index (χ3v) is 6.69. The number of methoxy groups -OCH3 is 1. The molecule has 1 saturated carbocycles. The first-order valence-electron chi connectivity index (χ1n) is 10.9. The maximum absolute atomic E-state index is 12.9. The first-order valence-corrected chi connectivity index (χ1v) is 11.7. The fourth-order valence-corrected chi connectivity index (χ4v) is 4.67. The van der Waals surface area contributed by atoms with E-state index in [0.717, 1.165) is 58.7 Å². The molecule has 5 rings (SSSR count). The topological polar surface area (TPSA) is 57.5 Å². The number of rotatable bonds is 8. The second kappa shape index (κ2) is 9.21. The molecule has 1 fully saturated rings. The number of benzene rings is 2. The molecule has 0 radical (unpaired) electrons. The molecule has 9 heteroatoms. The Morgan fingerprint density at radius 2 is 2.00 bits per heavy atom. The Hall–Kier alpha value is -2.81. The molecule has 3 aromatic rings. The average molecular weight is 520 g/mol. The summed E-state index contributed by atoms with van der Waals surface area (Å²) in [7, 11) is 1.63. The van der Waals surface area contributed by atoms with Crippen molar-refractivity contribution in [3.63, 3.8) is 0 Å². The second-order valence-electron chi connectivity index (χ2n) is 8.26. The smallest absolute Gasteiger partial charge is 0.387 e. The zero-order valence-electron chi connectivity index (χ0n) is 18.1. The summed E-state index contributed by atoms with van der Waals surface area (Å²) in [5, 5.41) is 8.32. The lowest BCUT2D eigenvalue weighted by atomic mass is 10.0. The summed E-state index contributed by atoms with van der Waals surface area (Å²) in [6, 6.07) is 12.8. The van der Waals surface area contributed by atoms with E-state index in [2.05, 4.69) is 21.2 Å². The van der Waals surface area contributed by atoms with E-state index in [4.69, 9.17) is 19.3 Å². The zero-order valence-corrected chi connectivity index (χ0v) is 19.6. The fourth-order valence-electron chi connectivity index (χ4n) is 4.04. The van der Waals surface area contributed by atoms with Crippen molar-refractivity contribution in [3.8, 4) is 28.5 Å². The Morgan fingerprint density at radius 1 is 1.15 bits per heavy atom. The lowest BCUT2D eigenvalue weighted by molar-refractivity contribution is -0.0515. The van der Waals surface area contributed by atoms with Crippen LogP contribution >= 0.6 is 15.9 Å². The molecule has 1 unspecified atom stereocenters. The Bertz CT molecular complexity index is 1150. The summed E-state index contributed by atoms with van der Waals surface area (Å²) in [6.45, 7) is -1.65. The summed E-state index contributed by atoms with van der Waals surface area (Å²) in [5.41, 5.74) is 2.65. The maximum Gasteiger partial charge on any atom is 0.387 e. The van der Waals surface area contributed by atoms with E-state index in [9.17, 15) is 8.78 Å². The number of fused-ring (bicyclic) bond motifs is 1. The van der Waals surface area contributed by atoms with Crippen molar-refractivity contribution >= 4 is 21.7 Å². The monoisotopic (exact) mass is 519 g/mol. The second-order valence-corrected chi connectivity index (χ2v) is 9.05. The minimum absolute atomic E-state index is 0.0577. The van der Waals surface area contributed by atoms with Gasteiger partial charge in [-0.3, -0.25) is 0 Å². The van der Waals surface area contributed by atoms with Crippen LogP contribution in [-0.2, 0) is 0 Å². The fraction of sp³-hybridized carbons (Fsp3) is 0.375. The molecule has 2 aromatic carbocycles. The average Bonchev–Trinajstić information content (AvgIpc) is 3.59. The molecule has 0 saturated heterocycles. The van der Waals surface area contributed by atoms with E-state index in [1.165, 1.54) is 0 Å². The van der Waals surface area contributed by atoms with Crippen LogP contribution in [0.2, 0.25) is 0 Å². The van der Waals surface area contributed by atoms with E-state index in [-0.39, 0.29) is 11.8 Å². The number of anilines is 1. The van der Waals surface area contributed by atoms with E-state index < -0.39 is 6.61 Å². The van der Waals surface area contributed by atoms with Gasteiger partial charge in [-0.2, -0.15) is 13.9 Å². The Kier molecular flexibility index (Phi) is 6.14. The van der Waals surface area contributed by atoms with Crippen LogP contribution < -0.4 is 19.5 Å². The van der Waals surface area contributed by atoms with Crippen molar-refractivity contribution in [2.24, 2.45) is 5.92 Å². The molecule has 1 N–H and O–H groups in total. The molecule has 1 atom stereocenters. The number of alkyl halides is 2. The third kappa shape index (κ3) is 4.64. The molecule has 2 aliphatic rings. The minimum atomic E-state index is -2.91. The highest BCUT2D eigenvalue weighted by atomic mass is 79.9. The van der Waals surface area contributed by atoms with E-state index in [1.807, 2.05) is 35.0 Å². The highest BCUT2D eigenvalue weighted by Crippen LogP contribution is 2.42. The van der Waals surface area contributed by atoms with Gasteiger partial charge in [0.25, 0.3) is 0 Å². The van der Waals surface area contributed by atoms with Crippen molar-refractivity contribution in [2.75, 3.05) is 25.6 Å². The highest BCUT2D eigenvalue weighted by molar-refractivity contribution is 9.10. The first kappa shape index (κ1) is 22.0. The third-order valence-electron chi connectivity index (χ3n) is 5.94. The molecule has 0 amide bonds. The van der Waals surface area contributed by atoms with Crippen molar-refractivity contribution in [1.82, 2.24) is 9.78 Å². The molecule has 0 bridgehead atoms. The van der Waals surface area contributed by atoms with Crippen molar-refractivity contribution in [3.05, 3.63) is 52.5 Å². The van der Waals surface area contributed by atoms with Crippen LogP contribution in [0, 0.1) is 5.92 Å². The number of halogens is 3.